The molecule has 2 aromatic rings. The van der Waals surface area contributed by atoms with Crippen LogP contribution in [0.2, 0.25) is 0 Å². The molecule has 3 N–H and O–H groups in total. The van der Waals surface area contributed by atoms with E-state index in [-0.39, 0.29) is 6.61 Å². The molecule has 0 saturated carbocycles. The minimum Gasteiger partial charge on any atom is -0.395 e. The molecule has 5 nitrogen and oxygen atoms in total. The van der Waals surface area contributed by atoms with Gasteiger partial charge >= 0.3 is 0 Å². The maximum absolute atomic E-state index is 8.93. The summed E-state index contributed by atoms with van der Waals surface area (Å²) in [5.41, 5.74) is 7.59. The van der Waals surface area contributed by atoms with Gasteiger partial charge in [-0.15, -0.1) is 0 Å². The van der Waals surface area contributed by atoms with Crippen molar-refractivity contribution in [2.75, 3.05) is 25.1 Å². The van der Waals surface area contributed by atoms with Gasteiger partial charge in [-0.05, 0) is 12.1 Å². The fraction of sp³-hybridized carbons (Fsp3) is 0.364. The highest BCUT2D eigenvalue weighted by atomic mass is 16.3. The second kappa shape index (κ2) is 4.51. The van der Waals surface area contributed by atoms with Gasteiger partial charge in [0.25, 0.3) is 0 Å². The van der Waals surface area contributed by atoms with Crippen LogP contribution >= 0.6 is 0 Å². The minimum absolute atomic E-state index is 0.106. The van der Waals surface area contributed by atoms with E-state index in [1.54, 1.807) is 0 Å². The first-order valence-electron chi connectivity index (χ1n) is 5.26. The third kappa shape index (κ3) is 1.75. The summed E-state index contributed by atoms with van der Waals surface area (Å²) in [5.74, 6) is 0.836. The molecule has 0 unspecified atom stereocenters. The fourth-order valence-electron chi connectivity index (χ4n) is 1.79. The van der Waals surface area contributed by atoms with Crippen molar-refractivity contribution in [1.29, 1.82) is 0 Å². The Morgan fingerprint density at radius 2 is 2.31 bits per heavy atom. The van der Waals surface area contributed by atoms with Crippen LogP contribution in [0.4, 0.5) is 5.82 Å². The molecule has 0 aromatic carbocycles. The van der Waals surface area contributed by atoms with Gasteiger partial charge in [0.05, 0.1) is 12.3 Å². The first-order valence-corrected chi connectivity index (χ1v) is 5.26. The molecule has 0 amide bonds. The second-order valence-corrected chi connectivity index (χ2v) is 3.66. The van der Waals surface area contributed by atoms with Crippen molar-refractivity contribution in [2.45, 2.75) is 6.54 Å². The molecule has 0 saturated heterocycles. The summed E-state index contributed by atoms with van der Waals surface area (Å²) in [5, 5.41) is 8.93. The van der Waals surface area contributed by atoms with Gasteiger partial charge in [-0.25, -0.2) is 4.98 Å². The van der Waals surface area contributed by atoms with E-state index in [1.165, 1.54) is 0 Å². The van der Waals surface area contributed by atoms with E-state index in [0.29, 0.717) is 13.1 Å². The first-order chi connectivity index (χ1) is 7.77. The molecule has 2 heterocycles. The fourth-order valence-corrected chi connectivity index (χ4v) is 1.79. The summed E-state index contributed by atoms with van der Waals surface area (Å²) in [6, 6.07) is 5.83. The number of hydrogen-bond donors (Lipinski definition) is 2. The Bertz CT molecular complexity index is 480. The number of aliphatic hydroxyl groups excluding tert-OH is 1. The van der Waals surface area contributed by atoms with E-state index >= 15 is 0 Å². The smallest absolute Gasteiger partial charge is 0.152 e. The van der Waals surface area contributed by atoms with E-state index in [0.717, 1.165) is 17.2 Å². The number of pyridine rings is 1. The highest BCUT2D eigenvalue weighted by molar-refractivity contribution is 5.55. The van der Waals surface area contributed by atoms with Gasteiger partial charge in [-0.3, -0.25) is 0 Å². The largest absolute Gasteiger partial charge is 0.395 e. The molecule has 0 fully saturated rings. The molecular weight excluding hydrogens is 204 g/mol. The van der Waals surface area contributed by atoms with Gasteiger partial charge in [0.15, 0.2) is 5.82 Å². The standard InChI is InChI=1S/C11H16N4O/c1-14(6-7-16)11-9(8-12)15-5-3-2-4-10(15)13-11/h2-5,16H,6-8,12H2,1H3. The maximum atomic E-state index is 8.93. The second-order valence-electron chi connectivity index (χ2n) is 3.66. The van der Waals surface area contributed by atoms with Crippen molar-refractivity contribution in [3.8, 4) is 0 Å². The van der Waals surface area contributed by atoms with Crippen LogP contribution in [0.3, 0.4) is 0 Å². The van der Waals surface area contributed by atoms with E-state index in [4.69, 9.17) is 10.8 Å². The Kier molecular flexibility index (Phi) is 3.07. The van der Waals surface area contributed by atoms with Crippen molar-refractivity contribution >= 4 is 11.5 Å². The molecule has 0 aliphatic carbocycles. The lowest BCUT2D eigenvalue weighted by Crippen LogP contribution is -2.23. The molecule has 0 aliphatic heterocycles. The van der Waals surface area contributed by atoms with Crippen molar-refractivity contribution < 1.29 is 5.11 Å². The van der Waals surface area contributed by atoms with E-state index < -0.39 is 0 Å². The quantitative estimate of drug-likeness (QED) is 0.773. The highest BCUT2D eigenvalue weighted by Crippen LogP contribution is 2.19. The van der Waals surface area contributed by atoms with Gasteiger partial charge in [0, 0.05) is 26.3 Å². The Morgan fingerprint density at radius 1 is 1.50 bits per heavy atom. The number of nitrogens with zero attached hydrogens (tertiary/aromatic N) is 3. The molecule has 16 heavy (non-hydrogen) atoms. The number of rotatable bonds is 4. The van der Waals surface area contributed by atoms with Crippen LogP contribution in [0.25, 0.3) is 5.65 Å². The lowest BCUT2D eigenvalue weighted by Gasteiger charge is -2.16. The SMILES string of the molecule is CN(CCO)c1nc2ccccn2c1CN. The van der Waals surface area contributed by atoms with Crippen LogP contribution < -0.4 is 10.6 Å². The molecule has 0 bridgehead atoms. The number of fused-ring (bicyclic) bond motifs is 1. The van der Waals surface area contributed by atoms with Crippen LogP contribution in [0.15, 0.2) is 24.4 Å². The number of aromatic nitrogens is 2. The van der Waals surface area contributed by atoms with Crippen LogP contribution in [-0.2, 0) is 6.54 Å². The summed E-state index contributed by atoms with van der Waals surface area (Å²) in [6.45, 7) is 1.08. The topological polar surface area (TPSA) is 66.8 Å². The van der Waals surface area contributed by atoms with Gasteiger partial charge in [-0.1, -0.05) is 6.07 Å². The molecule has 5 heteroatoms. The van der Waals surface area contributed by atoms with Crippen LogP contribution in [0, 0.1) is 0 Å². The van der Waals surface area contributed by atoms with Gasteiger partial charge < -0.3 is 20.1 Å². The zero-order valence-corrected chi connectivity index (χ0v) is 9.30. The van der Waals surface area contributed by atoms with Gasteiger partial charge in [-0.2, -0.15) is 0 Å². The lowest BCUT2D eigenvalue weighted by molar-refractivity contribution is 0.304. The molecule has 2 rings (SSSR count). The van der Waals surface area contributed by atoms with Crippen LogP contribution in [0.1, 0.15) is 5.69 Å². The molecular formula is C11H16N4O. The Labute approximate surface area is 94.1 Å². The zero-order chi connectivity index (χ0) is 11.5. The van der Waals surface area contributed by atoms with E-state index in [9.17, 15) is 0 Å². The zero-order valence-electron chi connectivity index (χ0n) is 9.30. The number of aliphatic hydroxyl groups is 1. The summed E-state index contributed by atoms with van der Waals surface area (Å²) in [4.78, 5) is 6.41. The third-order valence-electron chi connectivity index (χ3n) is 2.60. The summed E-state index contributed by atoms with van der Waals surface area (Å²) in [7, 11) is 1.90. The van der Waals surface area contributed by atoms with Crippen molar-refractivity contribution in [1.82, 2.24) is 9.38 Å². The molecule has 0 radical (unpaired) electrons. The average molecular weight is 220 g/mol. The monoisotopic (exact) mass is 220 g/mol. The van der Waals surface area contributed by atoms with Crippen molar-refractivity contribution in [3.63, 3.8) is 0 Å². The first kappa shape index (κ1) is 10.9. The Balaban J connectivity index is 2.51. The van der Waals surface area contributed by atoms with E-state index in [1.807, 2.05) is 40.7 Å². The molecule has 2 aromatic heterocycles. The Hall–Kier alpha value is -1.59. The van der Waals surface area contributed by atoms with Crippen molar-refractivity contribution in [2.24, 2.45) is 5.73 Å². The van der Waals surface area contributed by atoms with Gasteiger partial charge in [0.2, 0.25) is 0 Å². The molecule has 0 atom stereocenters. The average Bonchev–Trinajstić information content (AvgIpc) is 2.67. The van der Waals surface area contributed by atoms with Crippen LogP contribution in [0.5, 0.6) is 0 Å². The number of nitrogens with two attached hydrogens (primary N) is 1. The van der Waals surface area contributed by atoms with Crippen LogP contribution in [-0.4, -0.2) is 34.7 Å². The summed E-state index contributed by atoms with van der Waals surface area (Å²) in [6.07, 6.45) is 1.95. The normalized spacial score (nSPS) is 10.9. The van der Waals surface area contributed by atoms with Gasteiger partial charge in [0.1, 0.15) is 5.65 Å². The van der Waals surface area contributed by atoms with E-state index in [2.05, 4.69) is 4.98 Å². The number of imidazole rings is 1. The Morgan fingerprint density at radius 3 is 3.00 bits per heavy atom. The molecule has 0 aliphatic rings. The number of anilines is 1. The third-order valence-corrected chi connectivity index (χ3v) is 2.60. The predicted molar refractivity (Wildman–Crippen MR) is 63.4 cm³/mol. The molecule has 86 valence electrons. The summed E-state index contributed by atoms with van der Waals surface area (Å²) >= 11 is 0. The summed E-state index contributed by atoms with van der Waals surface area (Å²) < 4.78 is 1.98. The number of hydrogen-bond acceptors (Lipinski definition) is 4. The minimum atomic E-state index is 0.106. The predicted octanol–water partition coefficient (Wildman–Crippen LogP) is 0.221. The molecule has 0 spiro atoms. The highest BCUT2D eigenvalue weighted by Gasteiger charge is 2.13. The maximum Gasteiger partial charge on any atom is 0.152 e. The van der Waals surface area contributed by atoms with Crippen molar-refractivity contribution in [3.05, 3.63) is 30.1 Å². The number of likely N-dealkylation sites (N-methyl/N-ethyl adjacent to an activating group) is 1. The lowest BCUT2D eigenvalue weighted by atomic mass is 10.4.